The maximum Gasteiger partial charge on any atom is 0.255 e. The minimum atomic E-state index is -0.394. The summed E-state index contributed by atoms with van der Waals surface area (Å²) in [5, 5.41) is 11.0. The molecule has 1 amide bonds. The van der Waals surface area contributed by atoms with Crippen molar-refractivity contribution in [3.63, 3.8) is 0 Å². The third-order valence-electron chi connectivity index (χ3n) is 4.26. The second-order valence-corrected chi connectivity index (χ2v) is 6.40. The molecule has 1 atom stereocenters. The van der Waals surface area contributed by atoms with E-state index in [0.717, 1.165) is 16.9 Å². The monoisotopic (exact) mass is 365 g/mol. The highest BCUT2D eigenvalue weighted by atomic mass is 35.5. The smallest absolute Gasteiger partial charge is 0.255 e. The molecule has 1 aromatic heterocycles. The van der Waals surface area contributed by atoms with Gasteiger partial charge in [0.2, 0.25) is 5.95 Å². The lowest BCUT2D eigenvalue weighted by molar-refractivity contribution is -0.113. The quantitative estimate of drug-likeness (QED) is 0.739. The van der Waals surface area contributed by atoms with Gasteiger partial charge in [0.05, 0.1) is 5.57 Å². The fourth-order valence-corrected chi connectivity index (χ4v) is 3.18. The molecule has 3 aromatic rings. The van der Waals surface area contributed by atoms with Crippen molar-refractivity contribution < 1.29 is 4.79 Å². The summed E-state index contributed by atoms with van der Waals surface area (Å²) in [6.45, 7) is 1.86. The van der Waals surface area contributed by atoms with Crippen LogP contribution in [0.1, 0.15) is 18.5 Å². The van der Waals surface area contributed by atoms with Crippen molar-refractivity contribution in [3.8, 4) is 0 Å². The summed E-state index contributed by atoms with van der Waals surface area (Å²) in [5.41, 5.74) is 2.95. The number of nitrogens with one attached hydrogen (secondary N) is 2. The van der Waals surface area contributed by atoms with E-state index in [4.69, 9.17) is 11.6 Å². The number of amides is 1. The van der Waals surface area contributed by atoms with E-state index in [0.29, 0.717) is 16.5 Å². The Morgan fingerprint density at radius 3 is 2.62 bits per heavy atom. The first-order valence-corrected chi connectivity index (χ1v) is 8.50. The second-order valence-electron chi connectivity index (χ2n) is 5.97. The van der Waals surface area contributed by atoms with Gasteiger partial charge in [0, 0.05) is 16.4 Å². The topological polar surface area (TPSA) is 71.8 Å². The number of hydrogen-bond donors (Lipinski definition) is 2. The molecule has 7 heteroatoms. The average Bonchev–Trinajstić information content (AvgIpc) is 3.10. The van der Waals surface area contributed by atoms with Crippen molar-refractivity contribution in [1.29, 1.82) is 0 Å². The summed E-state index contributed by atoms with van der Waals surface area (Å²) in [6.07, 6.45) is 1.47. The molecule has 26 heavy (non-hydrogen) atoms. The zero-order valence-corrected chi connectivity index (χ0v) is 14.7. The summed E-state index contributed by atoms with van der Waals surface area (Å²) in [4.78, 5) is 17.3. The van der Waals surface area contributed by atoms with Crippen molar-refractivity contribution in [1.82, 2.24) is 14.8 Å². The van der Waals surface area contributed by atoms with E-state index >= 15 is 0 Å². The molecule has 0 fully saturated rings. The molecule has 0 spiro atoms. The third kappa shape index (κ3) is 2.95. The molecule has 2 heterocycles. The van der Waals surface area contributed by atoms with Crippen LogP contribution in [0.2, 0.25) is 5.02 Å². The average molecular weight is 366 g/mol. The largest absolute Gasteiger partial charge is 0.328 e. The molecule has 2 aromatic carbocycles. The van der Waals surface area contributed by atoms with Gasteiger partial charge in [0.15, 0.2) is 0 Å². The number of halogens is 1. The van der Waals surface area contributed by atoms with Gasteiger partial charge in [-0.1, -0.05) is 41.9 Å². The van der Waals surface area contributed by atoms with Crippen LogP contribution >= 0.6 is 11.6 Å². The molecule has 6 nitrogen and oxygen atoms in total. The van der Waals surface area contributed by atoms with Crippen LogP contribution in [-0.4, -0.2) is 20.7 Å². The molecule has 1 aliphatic rings. The van der Waals surface area contributed by atoms with Gasteiger partial charge in [-0.3, -0.25) is 4.79 Å². The van der Waals surface area contributed by atoms with E-state index in [2.05, 4.69) is 20.7 Å². The molecule has 4 rings (SSSR count). The Morgan fingerprint density at radius 1 is 1.15 bits per heavy atom. The third-order valence-corrected chi connectivity index (χ3v) is 4.51. The molecular weight excluding hydrogens is 350 g/mol. The lowest BCUT2D eigenvalue weighted by Crippen LogP contribution is -2.31. The molecule has 0 saturated heterocycles. The maximum absolute atomic E-state index is 13.1. The number of benzene rings is 2. The number of rotatable bonds is 3. The van der Waals surface area contributed by atoms with Crippen molar-refractivity contribution in [2.75, 3.05) is 10.6 Å². The van der Waals surface area contributed by atoms with Gasteiger partial charge in [-0.2, -0.15) is 10.1 Å². The molecule has 2 N–H and O–H groups in total. The fraction of sp³-hybridized carbons (Fsp3) is 0.105. The Kier molecular flexibility index (Phi) is 4.18. The highest BCUT2D eigenvalue weighted by Gasteiger charge is 2.33. The first-order chi connectivity index (χ1) is 12.6. The number of nitrogens with zero attached hydrogens (tertiary/aromatic N) is 3. The number of anilines is 2. The van der Waals surface area contributed by atoms with Gasteiger partial charge in [0.25, 0.3) is 5.91 Å². The van der Waals surface area contributed by atoms with Crippen LogP contribution < -0.4 is 10.6 Å². The molecule has 0 bridgehead atoms. The number of carbonyl (C=O) groups excluding carboxylic acids is 1. The minimum Gasteiger partial charge on any atom is -0.328 e. The first-order valence-electron chi connectivity index (χ1n) is 8.12. The van der Waals surface area contributed by atoms with Crippen LogP contribution in [-0.2, 0) is 4.79 Å². The number of para-hydroxylation sites is 1. The van der Waals surface area contributed by atoms with E-state index in [1.165, 1.54) is 6.33 Å². The lowest BCUT2D eigenvalue weighted by Gasteiger charge is -2.28. The van der Waals surface area contributed by atoms with Crippen LogP contribution in [0.3, 0.4) is 0 Å². The van der Waals surface area contributed by atoms with Crippen molar-refractivity contribution in [2.45, 2.75) is 13.0 Å². The van der Waals surface area contributed by atoms with Crippen LogP contribution in [0.4, 0.5) is 11.6 Å². The van der Waals surface area contributed by atoms with E-state index < -0.39 is 6.04 Å². The molecule has 1 aliphatic heterocycles. The van der Waals surface area contributed by atoms with E-state index in [1.807, 2.05) is 49.4 Å². The normalized spacial score (nSPS) is 16.0. The van der Waals surface area contributed by atoms with Crippen LogP contribution in [0, 0.1) is 0 Å². The number of allylic oxidation sites excluding steroid dienone is 1. The summed E-state index contributed by atoms with van der Waals surface area (Å²) < 4.78 is 1.70. The summed E-state index contributed by atoms with van der Waals surface area (Å²) >= 11 is 6.03. The molecule has 0 aliphatic carbocycles. The van der Waals surface area contributed by atoms with Crippen LogP contribution in [0.15, 0.2) is 72.2 Å². The number of aromatic nitrogens is 3. The lowest BCUT2D eigenvalue weighted by atomic mass is 9.95. The van der Waals surface area contributed by atoms with Gasteiger partial charge in [-0.15, -0.1) is 0 Å². The number of carbonyl (C=O) groups is 1. The molecule has 0 unspecified atom stereocenters. The highest BCUT2D eigenvalue weighted by molar-refractivity contribution is 6.30. The zero-order chi connectivity index (χ0) is 18.1. The number of fused-ring (bicyclic) bond motifs is 1. The van der Waals surface area contributed by atoms with E-state index in [9.17, 15) is 4.79 Å². The van der Waals surface area contributed by atoms with Gasteiger partial charge in [0.1, 0.15) is 12.4 Å². The fourth-order valence-electron chi connectivity index (χ4n) is 3.06. The van der Waals surface area contributed by atoms with E-state index in [1.54, 1.807) is 16.8 Å². The first kappa shape index (κ1) is 16.4. The Morgan fingerprint density at radius 2 is 1.88 bits per heavy atom. The summed E-state index contributed by atoms with van der Waals surface area (Å²) in [7, 11) is 0. The SMILES string of the molecule is CC1=C(C(=O)Nc2ccccc2)[C@H](c2ccc(Cl)cc2)n2ncnc2N1. The summed E-state index contributed by atoms with van der Waals surface area (Å²) in [6, 6.07) is 16.4. The van der Waals surface area contributed by atoms with Gasteiger partial charge >= 0.3 is 0 Å². The second kappa shape index (κ2) is 6.65. The summed E-state index contributed by atoms with van der Waals surface area (Å²) in [5.74, 6) is 0.404. The Labute approximate surface area is 155 Å². The van der Waals surface area contributed by atoms with Crippen molar-refractivity contribution in [2.24, 2.45) is 0 Å². The molecule has 130 valence electrons. The van der Waals surface area contributed by atoms with E-state index in [-0.39, 0.29) is 5.91 Å². The van der Waals surface area contributed by atoms with Crippen molar-refractivity contribution in [3.05, 3.63) is 82.8 Å². The van der Waals surface area contributed by atoms with Crippen LogP contribution in [0.25, 0.3) is 0 Å². The van der Waals surface area contributed by atoms with Gasteiger partial charge < -0.3 is 10.6 Å². The molecule has 0 saturated carbocycles. The molecular formula is C19H16ClN5O. The Bertz CT molecular complexity index is 979. The maximum atomic E-state index is 13.1. The van der Waals surface area contributed by atoms with Crippen molar-refractivity contribution >= 4 is 29.1 Å². The zero-order valence-electron chi connectivity index (χ0n) is 14.0. The predicted molar refractivity (Wildman–Crippen MR) is 101 cm³/mol. The minimum absolute atomic E-state index is 0.192. The Balaban J connectivity index is 1.77. The molecule has 0 radical (unpaired) electrons. The van der Waals surface area contributed by atoms with Gasteiger partial charge in [-0.05, 0) is 36.8 Å². The van der Waals surface area contributed by atoms with Crippen LogP contribution in [0.5, 0.6) is 0 Å². The predicted octanol–water partition coefficient (Wildman–Crippen LogP) is 3.86. The Hall–Kier alpha value is -3.12. The number of hydrogen-bond acceptors (Lipinski definition) is 4. The standard InChI is InChI=1S/C19H16ClN5O/c1-12-16(18(26)24-15-5-3-2-4-6-15)17(13-7-9-14(20)10-8-13)25-19(23-12)21-11-22-25/h2-11,17H,1H3,(H,24,26)(H,21,22,23)/t17-/m0/s1. The van der Waals surface area contributed by atoms with Gasteiger partial charge in [-0.25, -0.2) is 4.68 Å². The highest BCUT2D eigenvalue weighted by Crippen LogP contribution is 2.35.